The van der Waals surface area contributed by atoms with Gasteiger partial charge in [0.1, 0.15) is 13.7 Å². The minimum absolute atomic E-state index is 0.00868. The van der Waals surface area contributed by atoms with Crippen LogP contribution in [0.2, 0.25) is 0 Å². The molecule has 0 bridgehead atoms. The number of amides is 1. The van der Waals surface area contributed by atoms with Gasteiger partial charge in [0.25, 0.3) is 5.91 Å². The predicted octanol–water partition coefficient (Wildman–Crippen LogP) is 4.50. The summed E-state index contributed by atoms with van der Waals surface area (Å²) >= 11 is 0. The molecule has 1 fully saturated rings. The van der Waals surface area contributed by atoms with E-state index in [1.54, 1.807) is 37.3 Å². The molecular formula is C23H24F3N3O3. The molecule has 1 saturated carbocycles. The molecule has 0 heterocycles. The third kappa shape index (κ3) is 5.46. The van der Waals surface area contributed by atoms with Crippen molar-refractivity contribution in [2.24, 2.45) is 16.2 Å². The van der Waals surface area contributed by atoms with E-state index in [0.717, 1.165) is 12.5 Å². The zero-order chi connectivity index (χ0) is 23.3. The molecule has 6 nitrogen and oxygen atoms in total. The van der Waals surface area contributed by atoms with Gasteiger partial charge in [0, 0.05) is 24.1 Å². The Hall–Kier alpha value is -3.36. The third-order valence-corrected chi connectivity index (χ3v) is 5.29. The molecule has 3 rings (SSSR count). The van der Waals surface area contributed by atoms with Crippen molar-refractivity contribution < 1.29 is 27.6 Å². The zero-order valence-corrected chi connectivity index (χ0v) is 17.9. The fraction of sp³-hybridized carbons (Fsp3) is 0.348. The minimum Gasteiger partial charge on any atom is -0.398 e. The molecule has 0 radical (unpaired) electrons. The number of carbonyl (C=O) groups is 1. The second-order valence-corrected chi connectivity index (χ2v) is 7.44. The van der Waals surface area contributed by atoms with Gasteiger partial charge in [0.2, 0.25) is 0 Å². The summed E-state index contributed by atoms with van der Waals surface area (Å²) in [5.41, 5.74) is 2.07. The molecule has 0 unspecified atom stereocenters. The van der Waals surface area contributed by atoms with Gasteiger partial charge in [0.05, 0.1) is 11.3 Å². The standard InChI is InChI=1S/C23H24F3N3O3/c1-14(19-12-20(19)15-8-6-9-17(11-15)23(24,25)26)28-32-13-16-7-4-5-10-18(16)21(29-31-3)22(30)27-2/h4-11,19-20H,12-13H2,1-3H3,(H,27,30)/t19-,20-/m0/s1. The van der Waals surface area contributed by atoms with E-state index in [2.05, 4.69) is 15.6 Å². The molecule has 2 aromatic rings. The first kappa shape index (κ1) is 23.3. The summed E-state index contributed by atoms with van der Waals surface area (Å²) in [7, 11) is 2.85. The Morgan fingerprint density at radius 3 is 2.59 bits per heavy atom. The van der Waals surface area contributed by atoms with Gasteiger partial charge in [-0.1, -0.05) is 52.8 Å². The van der Waals surface area contributed by atoms with Gasteiger partial charge in [-0.25, -0.2) is 0 Å². The Bertz CT molecular complexity index is 1030. The van der Waals surface area contributed by atoms with Crippen molar-refractivity contribution in [3.63, 3.8) is 0 Å². The second kappa shape index (κ2) is 9.84. The summed E-state index contributed by atoms with van der Waals surface area (Å²) in [6.45, 7) is 1.89. The molecule has 32 heavy (non-hydrogen) atoms. The van der Waals surface area contributed by atoms with E-state index >= 15 is 0 Å². The first-order valence-electron chi connectivity index (χ1n) is 10.0. The highest BCUT2D eigenvalue weighted by molar-refractivity contribution is 6.45. The summed E-state index contributed by atoms with van der Waals surface area (Å²) in [4.78, 5) is 22.4. The monoisotopic (exact) mass is 447 g/mol. The van der Waals surface area contributed by atoms with Crippen molar-refractivity contribution >= 4 is 17.3 Å². The largest absolute Gasteiger partial charge is 0.416 e. The molecule has 2 aromatic carbocycles. The maximum absolute atomic E-state index is 13.0. The number of hydrogen-bond donors (Lipinski definition) is 1. The fourth-order valence-corrected chi connectivity index (χ4v) is 3.54. The Balaban J connectivity index is 1.67. The topological polar surface area (TPSA) is 72.3 Å². The van der Waals surface area contributed by atoms with Crippen LogP contribution in [0.4, 0.5) is 13.2 Å². The number of nitrogens with one attached hydrogen (secondary N) is 1. The van der Waals surface area contributed by atoms with Crippen molar-refractivity contribution in [1.29, 1.82) is 0 Å². The van der Waals surface area contributed by atoms with Gasteiger partial charge in [-0.15, -0.1) is 0 Å². The van der Waals surface area contributed by atoms with Crippen LogP contribution in [0, 0.1) is 5.92 Å². The summed E-state index contributed by atoms with van der Waals surface area (Å²) in [6, 6.07) is 12.5. The summed E-state index contributed by atoms with van der Waals surface area (Å²) < 4.78 is 38.9. The molecular weight excluding hydrogens is 423 g/mol. The Morgan fingerprint density at radius 1 is 1.16 bits per heavy atom. The van der Waals surface area contributed by atoms with E-state index in [9.17, 15) is 18.0 Å². The molecule has 9 heteroatoms. The molecule has 1 amide bonds. The van der Waals surface area contributed by atoms with Gasteiger partial charge in [-0.3, -0.25) is 4.79 Å². The molecule has 1 aliphatic carbocycles. The van der Waals surface area contributed by atoms with E-state index in [0.29, 0.717) is 22.4 Å². The number of alkyl halides is 3. The number of hydrogen-bond acceptors (Lipinski definition) is 5. The van der Waals surface area contributed by atoms with Crippen LogP contribution in [0.5, 0.6) is 0 Å². The molecule has 0 aliphatic heterocycles. The normalized spacial score (nSPS) is 18.8. The van der Waals surface area contributed by atoms with E-state index in [-0.39, 0.29) is 24.2 Å². The van der Waals surface area contributed by atoms with Crippen LogP contribution in [0.3, 0.4) is 0 Å². The molecule has 0 spiro atoms. The van der Waals surface area contributed by atoms with Crippen molar-refractivity contribution in [3.05, 3.63) is 70.8 Å². The van der Waals surface area contributed by atoms with Gasteiger partial charge in [-0.05, 0) is 30.9 Å². The van der Waals surface area contributed by atoms with Crippen molar-refractivity contribution in [3.8, 4) is 0 Å². The van der Waals surface area contributed by atoms with Gasteiger partial charge in [-0.2, -0.15) is 13.2 Å². The second-order valence-electron chi connectivity index (χ2n) is 7.44. The quantitative estimate of drug-likeness (QED) is 0.479. The Morgan fingerprint density at radius 2 is 1.91 bits per heavy atom. The van der Waals surface area contributed by atoms with Gasteiger partial charge < -0.3 is 15.0 Å². The third-order valence-electron chi connectivity index (χ3n) is 5.29. The first-order valence-corrected chi connectivity index (χ1v) is 10.0. The van der Waals surface area contributed by atoms with Crippen molar-refractivity contribution in [1.82, 2.24) is 5.32 Å². The lowest BCUT2D eigenvalue weighted by Gasteiger charge is -2.10. The SMILES string of the molecule is CNC(=O)C(=NOC)c1ccccc1CON=C(C)[C@@H]1C[C@H]1c1cccc(C(F)(F)F)c1. The van der Waals surface area contributed by atoms with Gasteiger partial charge in [0.15, 0.2) is 5.71 Å². The minimum atomic E-state index is -4.36. The smallest absolute Gasteiger partial charge is 0.398 e. The van der Waals surface area contributed by atoms with Crippen LogP contribution in [0.1, 0.15) is 41.5 Å². The average molecular weight is 447 g/mol. The molecule has 2 atom stereocenters. The Labute approximate surface area is 184 Å². The van der Waals surface area contributed by atoms with E-state index in [1.165, 1.54) is 26.3 Å². The van der Waals surface area contributed by atoms with Crippen molar-refractivity contribution in [2.45, 2.75) is 32.0 Å². The van der Waals surface area contributed by atoms with Crippen molar-refractivity contribution in [2.75, 3.05) is 14.2 Å². The zero-order valence-electron chi connectivity index (χ0n) is 17.9. The highest BCUT2D eigenvalue weighted by Crippen LogP contribution is 2.49. The number of halogens is 3. The van der Waals surface area contributed by atoms with Crippen LogP contribution in [0.25, 0.3) is 0 Å². The summed E-state index contributed by atoms with van der Waals surface area (Å²) in [6.07, 6.45) is -3.64. The van der Waals surface area contributed by atoms with Crippen LogP contribution < -0.4 is 5.32 Å². The summed E-state index contributed by atoms with van der Waals surface area (Å²) in [5, 5.41) is 10.5. The molecule has 1 aliphatic rings. The van der Waals surface area contributed by atoms with Gasteiger partial charge >= 0.3 is 6.18 Å². The lowest BCUT2D eigenvalue weighted by Crippen LogP contribution is -2.29. The lowest BCUT2D eigenvalue weighted by molar-refractivity contribution is -0.137. The van der Waals surface area contributed by atoms with E-state index in [4.69, 9.17) is 9.68 Å². The number of likely N-dealkylation sites (N-methyl/N-ethyl adjacent to an activating group) is 1. The summed E-state index contributed by atoms with van der Waals surface area (Å²) in [5.74, 6) is -0.378. The molecule has 1 N–H and O–H groups in total. The predicted molar refractivity (Wildman–Crippen MR) is 114 cm³/mol. The van der Waals surface area contributed by atoms with E-state index < -0.39 is 17.6 Å². The number of rotatable bonds is 8. The highest BCUT2D eigenvalue weighted by Gasteiger charge is 2.42. The number of oxime groups is 2. The lowest BCUT2D eigenvalue weighted by atomic mass is 10.0. The fourth-order valence-electron chi connectivity index (χ4n) is 3.54. The number of nitrogens with zero attached hydrogens (tertiary/aromatic N) is 2. The molecule has 0 saturated heterocycles. The van der Waals surface area contributed by atoms with Crippen LogP contribution in [-0.4, -0.2) is 31.5 Å². The highest BCUT2D eigenvalue weighted by atomic mass is 19.4. The molecule has 0 aromatic heterocycles. The number of benzene rings is 2. The van der Waals surface area contributed by atoms with Crippen LogP contribution in [0.15, 0.2) is 58.8 Å². The van der Waals surface area contributed by atoms with E-state index in [1.807, 2.05) is 0 Å². The maximum atomic E-state index is 13.0. The van der Waals surface area contributed by atoms with Crippen LogP contribution in [-0.2, 0) is 27.3 Å². The maximum Gasteiger partial charge on any atom is 0.416 e. The molecule has 170 valence electrons. The van der Waals surface area contributed by atoms with Crippen LogP contribution >= 0.6 is 0 Å². The number of carbonyl (C=O) groups excluding carboxylic acids is 1. The first-order chi connectivity index (χ1) is 15.3. The average Bonchev–Trinajstić information content (AvgIpc) is 3.58. The Kier molecular flexibility index (Phi) is 7.17.